The van der Waals surface area contributed by atoms with Crippen LogP contribution in [-0.2, 0) is 19.1 Å². The molecule has 1 heterocycles. The lowest BCUT2D eigenvalue weighted by molar-refractivity contribution is -0.179. The Labute approximate surface area is 135 Å². The summed E-state index contributed by atoms with van der Waals surface area (Å²) >= 11 is 0. The number of para-hydroxylation sites is 1. The number of esters is 2. The topological polar surface area (TPSA) is 69.7 Å². The Morgan fingerprint density at radius 2 is 1.78 bits per heavy atom. The summed E-state index contributed by atoms with van der Waals surface area (Å²) in [6.07, 6.45) is 2.18. The first kappa shape index (κ1) is 16.9. The van der Waals surface area contributed by atoms with Crippen molar-refractivity contribution in [1.29, 1.82) is 0 Å². The molecule has 1 atom stereocenters. The lowest BCUT2D eigenvalue weighted by atomic mass is 9.86. The Hall–Kier alpha value is -2.43. The third-order valence-electron chi connectivity index (χ3n) is 3.67. The summed E-state index contributed by atoms with van der Waals surface area (Å²) in [5, 5.41) is 0. The number of aryl methyl sites for hydroxylation is 2. The van der Waals surface area contributed by atoms with Crippen LogP contribution in [0.25, 0.3) is 0 Å². The van der Waals surface area contributed by atoms with Crippen LogP contribution in [0.4, 0.5) is 0 Å². The fourth-order valence-electron chi connectivity index (χ4n) is 2.61. The number of carbonyl (C=O) groups excluding carboxylic acids is 3. The van der Waals surface area contributed by atoms with Crippen molar-refractivity contribution in [3.8, 4) is 5.75 Å². The van der Waals surface area contributed by atoms with E-state index in [0.717, 1.165) is 23.3 Å². The second kappa shape index (κ2) is 6.36. The van der Waals surface area contributed by atoms with Crippen LogP contribution in [0, 0.1) is 19.8 Å². The third kappa shape index (κ3) is 3.33. The molecule has 1 aromatic carbocycles. The van der Waals surface area contributed by atoms with Gasteiger partial charge in [-0.25, -0.2) is 9.59 Å². The third-order valence-corrected chi connectivity index (χ3v) is 3.67. The average molecular weight is 316 g/mol. The molecule has 23 heavy (non-hydrogen) atoms. The summed E-state index contributed by atoms with van der Waals surface area (Å²) in [6.45, 7) is 7.29. The Morgan fingerprint density at radius 3 is 2.35 bits per heavy atom. The maximum atomic E-state index is 12.7. The second-order valence-electron chi connectivity index (χ2n) is 6.15. The van der Waals surface area contributed by atoms with E-state index >= 15 is 0 Å². The van der Waals surface area contributed by atoms with Gasteiger partial charge >= 0.3 is 11.9 Å². The van der Waals surface area contributed by atoms with Crippen LogP contribution in [0.15, 0.2) is 30.4 Å². The van der Waals surface area contributed by atoms with Crippen LogP contribution in [0.5, 0.6) is 5.75 Å². The van der Waals surface area contributed by atoms with E-state index in [1.165, 1.54) is 0 Å². The normalized spacial score (nSPS) is 20.6. The van der Waals surface area contributed by atoms with Gasteiger partial charge in [0.25, 0.3) is 5.60 Å². The summed E-state index contributed by atoms with van der Waals surface area (Å²) in [4.78, 5) is 36.7. The monoisotopic (exact) mass is 316 g/mol. The number of benzene rings is 1. The predicted molar refractivity (Wildman–Crippen MR) is 84.0 cm³/mol. The molecule has 0 fully saturated rings. The summed E-state index contributed by atoms with van der Waals surface area (Å²) in [5.41, 5.74) is -0.374. The van der Waals surface area contributed by atoms with Gasteiger partial charge in [-0.1, -0.05) is 32.0 Å². The number of hydrogen-bond donors (Lipinski definition) is 0. The fourth-order valence-corrected chi connectivity index (χ4v) is 2.61. The van der Waals surface area contributed by atoms with E-state index in [0.29, 0.717) is 5.75 Å². The van der Waals surface area contributed by atoms with Gasteiger partial charge in [0.15, 0.2) is 0 Å². The van der Waals surface area contributed by atoms with Gasteiger partial charge in [-0.15, -0.1) is 0 Å². The van der Waals surface area contributed by atoms with E-state index in [-0.39, 0.29) is 12.3 Å². The smallest absolute Gasteiger partial charge is 0.364 e. The maximum Gasteiger partial charge on any atom is 0.364 e. The Bertz CT molecular complexity index is 666. The van der Waals surface area contributed by atoms with Crippen molar-refractivity contribution < 1.29 is 23.9 Å². The highest BCUT2D eigenvalue weighted by molar-refractivity contribution is 6.17. The van der Waals surface area contributed by atoms with Gasteiger partial charge < -0.3 is 9.47 Å². The predicted octanol–water partition coefficient (Wildman–Crippen LogP) is 2.68. The highest BCUT2D eigenvalue weighted by Gasteiger charge is 2.52. The van der Waals surface area contributed by atoms with Crippen molar-refractivity contribution in [2.45, 2.75) is 39.7 Å². The van der Waals surface area contributed by atoms with Crippen molar-refractivity contribution in [1.82, 2.24) is 0 Å². The molecule has 2 rings (SSSR count). The quantitative estimate of drug-likeness (QED) is 0.485. The molecular formula is C18H20O5. The molecule has 0 N–H and O–H groups in total. The van der Waals surface area contributed by atoms with Gasteiger partial charge in [0.05, 0.1) is 0 Å². The summed E-state index contributed by atoms with van der Waals surface area (Å²) in [7, 11) is 0. The van der Waals surface area contributed by atoms with E-state index in [4.69, 9.17) is 9.47 Å². The lowest BCUT2D eigenvalue weighted by Gasteiger charge is -2.32. The molecule has 0 amide bonds. The SMILES string of the molecule is Cc1cccc(C)c1OC(=O)[C@]1(CC(C)C)OC(=O)C=CC1=O. The fraction of sp³-hybridized carbons (Fsp3) is 0.389. The molecule has 5 nitrogen and oxygen atoms in total. The maximum absolute atomic E-state index is 12.7. The van der Waals surface area contributed by atoms with Gasteiger partial charge in [-0.05, 0) is 37.0 Å². The van der Waals surface area contributed by atoms with Gasteiger partial charge in [0.2, 0.25) is 5.78 Å². The minimum Gasteiger partial charge on any atom is -0.435 e. The van der Waals surface area contributed by atoms with Crippen molar-refractivity contribution in [3.63, 3.8) is 0 Å². The number of carbonyl (C=O) groups is 3. The zero-order valence-electron chi connectivity index (χ0n) is 13.7. The molecule has 0 aliphatic carbocycles. The molecule has 0 aromatic heterocycles. The molecule has 0 unspecified atom stereocenters. The molecule has 0 radical (unpaired) electrons. The van der Waals surface area contributed by atoms with Gasteiger partial charge in [-0.3, -0.25) is 4.79 Å². The number of cyclic esters (lactones) is 1. The standard InChI is InChI=1S/C18H20O5/c1-11(2)10-18(14(19)8-9-15(20)23-18)17(21)22-16-12(3)6-5-7-13(16)4/h5-9,11H,10H2,1-4H3/t18-/m1/s1. The zero-order valence-corrected chi connectivity index (χ0v) is 13.7. The highest BCUT2D eigenvalue weighted by atomic mass is 16.6. The zero-order chi connectivity index (χ0) is 17.2. The van der Waals surface area contributed by atoms with E-state index in [2.05, 4.69) is 0 Å². The van der Waals surface area contributed by atoms with Crippen molar-refractivity contribution in [3.05, 3.63) is 41.5 Å². The molecule has 0 spiro atoms. The first-order valence-corrected chi connectivity index (χ1v) is 7.50. The minimum absolute atomic E-state index is 0.0382. The summed E-state index contributed by atoms with van der Waals surface area (Å²) in [5.74, 6) is -1.79. The first-order valence-electron chi connectivity index (χ1n) is 7.50. The van der Waals surface area contributed by atoms with E-state index < -0.39 is 23.3 Å². The van der Waals surface area contributed by atoms with Crippen molar-refractivity contribution in [2.24, 2.45) is 5.92 Å². The molecule has 1 aliphatic rings. The molecule has 5 heteroatoms. The number of hydrogen-bond acceptors (Lipinski definition) is 5. The van der Waals surface area contributed by atoms with Gasteiger partial charge in [0, 0.05) is 12.5 Å². The van der Waals surface area contributed by atoms with Crippen LogP contribution in [0.1, 0.15) is 31.4 Å². The van der Waals surface area contributed by atoms with Crippen LogP contribution >= 0.6 is 0 Å². The number of ketones is 1. The Morgan fingerprint density at radius 1 is 1.17 bits per heavy atom. The largest absolute Gasteiger partial charge is 0.435 e. The lowest BCUT2D eigenvalue weighted by Crippen LogP contribution is -2.54. The summed E-state index contributed by atoms with van der Waals surface area (Å²) in [6, 6.07) is 5.46. The Kier molecular flexibility index (Phi) is 4.68. The molecule has 122 valence electrons. The molecule has 1 aromatic rings. The van der Waals surface area contributed by atoms with Crippen LogP contribution < -0.4 is 4.74 Å². The van der Waals surface area contributed by atoms with Gasteiger partial charge in [-0.2, -0.15) is 0 Å². The summed E-state index contributed by atoms with van der Waals surface area (Å²) < 4.78 is 10.6. The first-order chi connectivity index (χ1) is 10.8. The molecule has 1 aliphatic heterocycles. The average Bonchev–Trinajstić information content (AvgIpc) is 2.46. The number of ether oxygens (including phenoxy) is 2. The minimum atomic E-state index is -1.91. The van der Waals surface area contributed by atoms with Crippen LogP contribution in [0.2, 0.25) is 0 Å². The van der Waals surface area contributed by atoms with E-state index in [1.807, 2.05) is 19.9 Å². The number of rotatable bonds is 4. The van der Waals surface area contributed by atoms with Gasteiger partial charge in [0.1, 0.15) is 5.75 Å². The highest BCUT2D eigenvalue weighted by Crippen LogP contribution is 2.31. The molecule has 0 saturated heterocycles. The van der Waals surface area contributed by atoms with E-state index in [1.54, 1.807) is 26.0 Å². The van der Waals surface area contributed by atoms with Crippen LogP contribution in [-0.4, -0.2) is 23.3 Å². The second-order valence-corrected chi connectivity index (χ2v) is 6.15. The van der Waals surface area contributed by atoms with Crippen LogP contribution in [0.3, 0.4) is 0 Å². The molecule has 0 saturated carbocycles. The molecule has 0 bridgehead atoms. The van der Waals surface area contributed by atoms with E-state index in [9.17, 15) is 14.4 Å². The molecular weight excluding hydrogens is 296 g/mol. The Balaban J connectivity index is 2.40. The van der Waals surface area contributed by atoms with Crippen molar-refractivity contribution >= 4 is 17.7 Å². The van der Waals surface area contributed by atoms with Crippen molar-refractivity contribution in [2.75, 3.05) is 0 Å².